The summed E-state index contributed by atoms with van der Waals surface area (Å²) in [6.45, 7) is 11.8. The number of nitrogens with two attached hydrogens (primary N) is 1. The fourth-order valence-corrected chi connectivity index (χ4v) is 2.17. The molecule has 0 saturated carbocycles. The topological polar surface area (TPSA) is 26.0 Å². The van der Waals surface area contributed by atoms with Crippen LogP contribution in [-0.4, -0.2) is 6.54 Å². The minimum Gasteiger partial charge on any atom is -0.330 e. The van der Waals surface area contributed by atoms with Crippen LogP contribution in [0.1, 0.15) is 42.5 Å². The van der Waals surface area contributed by atoms with Gasteiger partial charge >= 0.3 is 0 Å². The predicted molar refractivity (Wildman–Crippen MR) is 77.1 cm³/mol. The van der Waals surface area contributed by atoms with Crippen molar-refractivity contribution in [1.29, 1.82) is 0 Å². The van der Waals surface area contributed by atoms with Crippen molar-refractivity contribution < 1.29 is 0 Å². The molecule has 1 heteroatoms. The van der Waals surface area contributed by atoms with Gasteiger partial charge in [0, 0.05) is 0 Å². The van der Waals surface area contributed by atoms with Gasteiger partial charge in [0.05, 0.1) is 0 Å². The van der Waals surface area contributed by atoms with E-state index in [4.69, 9.17) is 5.73 Å². The quantitative estimate of drug-likeness (QED) is 0.832. The summed E-state index contributed by atoms with van der Waals surface area (Å²) in [5, 5.41) is 0. The molecule has 0 spiro atoms. The molecule has 94 valence electrons. The lowest BCUT2D eigenvalue weighted by molar-refractivity contribution is 0.845. The van der Waals surface area contributed by atoms with Crippen LogP contribution in [0, 0.1) is 26.7 Å². The SMILES string of the molecule is Cc1cc(C)c(/C(=C/CCN)C(C)C)cc1C. The minimum atomic E-state index is 0.544. The molecule has 0 saturated heterocycles. The molecule has 0 aliphatic rings. The van der Waals surface area contributed by atoms with Gasteiger partial charge in [0.1, 0.15) is 0 Å². The number of hydrogen-bond donors (Lipinski definition) is 1. The fraction of sp³-hybridized carbons (Fsp3) is 0.500. The first kappa shape index (κ1) is 14.0. The lowest BCUT2D eigenvalue weighted by Crippen LogP contribution is -2.01. The molecular formula is C16H25N. The average molecular weight is 231 g/mol. The van der Waals surface area contributed by atoms with Gasteiger partial charge in [-0.25, -0.2) is 0 Å². The van der Waals surface area contributed by atoms with E-state index in [-0.39, 0.29) is 0 Å². The maximum absolute atomic E-state index is 5.60. The van der Waals surface area contributed by atoms with E-state index >= 15 is 0 Å². The van der Waals surface area contributed by atoms with Crippen LogP contribution in [0.25, 0.3) is 5.57 Å². The molecular weight excluding hydrogens is 206 g/mol. The van der Waals surface area contributed by atoms with Crippen molar-refractivity contribution >= 4 is 5.57 Å². The number of rotatable bonds is 4. The Balaban J connectivity index is 3.24. The maximum Gasteiger partial charge on any atom is -0.00424 e. The fourth-order valence-electron chi connectivity index (χ4n) is 2.17. The maximum atomic E-state index is 5.60. The molecule has 2 N–H and O–H groups in total. The third-order valence-corrected chi connectivity index (χ3v) is 3.30. The Hall–Kier alpha value is -1.08. The molecule has 0 amide bonds. The Morgan fingerprint density at radius 1 is 1.12 bits per heavy atom. The predicted octanol–water partition coefficient (Wildman–Crippen LogP) is 4.00. The van der Waals surface area contributed by atoms with Gasteiger partial charge in [-0.15, -0.1) is 0 Å². The van der Waals surface area contributed by atoms with Crippen LogP contribution < -0.4 is 5.73 Å². The first-order chi connectivity index (χ1) is 7.97. The van der Waals surface area contributed by atoms with E-state index in [2.05, 4.69) is 52.8 Å². The standard InChI is InChI=1S/C16H25N/c1-11(2)15(7-6-8-17)16-10-13(4)12(3)9-14(16)5/h7,9-11H,6,8,17H2,1-5H3/b15-7+. The number of allylic oxidation sites excluding steroid dienone is 1. The zero-order chi connectivity index (χ0) is 13.0. The Bertz CT molecular complexity index is 414. The van der Waals surface area contributed by atoms with E-state index < -0.39 is 0 Å². The van der Waals surface area contributed by atoms with Crippen molar-refractivity contribution in [3.8, 4) is 0 Å². The summed E-state index contributed by atoms with van der Waals surface area (Å²) < 4.78 is 0. The highest BCUT2D eigenvalue weighted by Gasteiger charge is 2.10. The summed E-state index contributed by atoms with van der Waals surface area (Å²) in [6, 6.07) is 4.59. The van der Waals surface area contributed by atoms with Crippen LogP contribution in [0.5, 0.6) is 0 Å². The Morgan fingerprint density at radius 3 is 2.24 bits per heavy atom. The minimum absolute atomic E-state index is 0.544. The van der Waals surface area contributed by atoms with Gasteiger partial charge in [-0.2, -0.15) is 0 Å². The van der Waals surface area contributed by atoms with Crippen LogP contribution in [-0.2, 0) is 0 Å². The molecule has 0 bridgehead atoms. The van der Waals surface area contributed by atoms with Gasteiger partial charge in [-0.1, -0.05) is 32.1 Å². The molecule has 1 aromatic rings. The molecule has 1 nitrogen and oxygen atoms in total. The third kappa shape index (κ3) is 3.44. The van der Waals surface area contributed by atoms with Crippen molar-refractivity contribution in [2.75, 3.05) is 6.54 Å². The van der Waals surface area contributed by atoms with E-state index in [0.29, 0.717) is 5.92 Å². The monoisotopic (exact) mass is 231 g/mol. The Kier molecular flexibility index (Phi) is 4.95. The van der Waals surface area contributed by atoms with Crippen LogP contribution >= 0.6 is 0 Å². The van der Waals surface area contributed by atoms with Gasteiger partial charge in [0.15, 0.2) is 0 Å². The normalized spacial score (nSPS) is 12.3. The average Bonchev–Trinajstić information content (AvgIpc) is 2.25. The summed E-state index contributed by atoms with van der Waals surface area (Å²) in [7, 11) is 0. The molecule has 0 fully saturated rings. The first-order valence-electron chi connectivity index (χ1n) is 6.45. The number of benzene rings is 1. The lowest BCUT2D eigenvalue weighted by atomic mass is 9.89. The highest BCUT2D eigenvalue weighted by atomic mass is 14.5. The zero-order valence-corrected chi connectivity index (χ0v) is 11.8. The smallest absolute Gasteiger partial charge is 0.00424 e. The number of hydrogen-bond acceptors (Lipinski definition) is 1. The van der Waals surface area contributed by atoms with E-state index in [9.17, 15) is 0 Å². The van der Waals surface area contributed by atoms with Gasteiger partial charge in [-0.05, 0) is 67.5 Å². The Morgan fingerprint density at radius 2 is 1.71 bits per heavy atom. The highest BCUT2D eigenvalue weighted by molar-refractivity contribution is 5.70. The van der Waals surface area contributed by atoms with Crippen molar-refractivity contribution in [2.45, 2.75) is 41.0 Å². The van der Waals surface area contributed by atoms with E-state index in [1.807, 2.05) is 0 Å². The molecule has 0 aliphatic carbocycles. The molecule has 17 heavy (non-hydrogen) atoms. The van der Waals surface area contributed by atoms with Gasteiger partial charge in [0.2, 0.25) is 0 Å². The van der Waals surface area contributed by atoms with E-state index in [0.717, 1.165) is 13.0 Å². The van der Waals surface area contributed by atoms with Gasteiger partial charge in [0.25, 0.3) is 0 Å². The molecule has 1 aromatic carbocycles. The largest absolute Gasteiger partial charge is 0.330 e. The van der Waals surface area contributed by atoms with Crippen molar-refractivity contribution in [2.24, 2.45) is 11.7 Å². The van der Waals surface area contributed by atoms with E-state index in [1.165, 1.54) is 27.8 Å². The first-order valence-corrected chi connectivity index (χ1v) is 6.45. The van der Waals surface area contributed by atoms with E-state index in [1.54, 1.807) is 0 Å². The summed E-state index contributed by atoms with van der Waals surface area (Å²) in [5.41, 5.74) is 12.5. The van der Waals surface area contributed by atoms with Crippen LogP contribution in [0.4, 0.5) is 0 Å². The summed E-state index contributed by atoms with van der Waals surface area (Å²) in [6.07, 6.45) is 3.25. The molecule has 0 atom stereocenters. The third-order valence-electron chi connectivity index (χ3n) is 3.30. The molecule has 1 rings (SSSR count). The van der Waals surface area contributed by atoms with Crippen LogP contribution in [0.2, 0.25) is 0 Å². The second-order valence-electron chi connectivity index (χ2n) is 5.14. The Labute approximate surface area is 106 Å². The molecule has 0 heterocycles. The second kappa shape index (κ2) is 6.02. The number of aryl methyl sites for hydroxylation is 3. The lowest BCUT2D eigenvalue weighted by Gasteiger charge is -2.17. The molecule has 0 aliphatic heterocycles. The van der Waals surface area contributed by atoms with Crippen LogP contribution in [0.3, 0.4) is 0 Å². The summed E-state index contributed by atoms with van der Waals surface area (Å²) in [4.78, 5) is 0. The molecule has 0 aromatic heterocycles. The van der Waals surface area contributed by atoms with Crippen LogP contribution in [0.15, 0.2) is 18.2 Å². The molecule has 0 unspecified atom stereocenters. The summed E-state index contributed by atoms with van der Waals surface area (Å²) in [5.74, 6) is 0.544. The van der Waals surface area contributed by atoms with Crippen molar-refractivity contribution in [3.05, 3.63) is 40.5 Å². The van der Waals surface area contributed by atoms with Crippen molar-refractivity contribution in [1.82, 2.24) is 0 Å². The highest BCUT2D eigenvalue weighted by Crippen LogP contribution is 2.28. The molecule has 0 radical (unpaired) electrons. The van der Waals surface area contributed by atoms with Gasteiger partial charge in [-0.3, -0.25) is 0 Å². The van der Waals surface area contributed by atoms with Crippen molar-refractivity contribution in [3.63, 3.8) is 0 Å². The van der Waals surface area contributed by atoms with Gasteiger partial charge < -0.3 is 5.73 Å². The zero-order valence-electron chi connectivity index (χ0n) is 11.8. The summed E-state index contributed by atoms with van der Waals surface area (Å²) >= 11 is 0. The second-order valence-corrected chi connectivity index (χ2v) is 5.14.